The standard InChI is InChI=1S/C12H20N2O2S/c1-11(2,3)8(15)7-17-10-14-13-9(16-10)12(4,5)6/h7H2,1-6H3. The van der Waals surface area contributed by atoms with Crippen molar-refractivity contribution in [1.82, 2.24) is 10.2 Å². The molecule has 1 aromatic heterocycles. The van der Waals surface area contributed by atoms with Crippen LogP contribution in [0.3, 0.4) is 0 Å². The number of carbonyl (C=O) groups is 1. The lowest BCUT2D eigenvalue weighted by atomic mass is 9.92. The zero-order valence-electron chi connectivity index (χ0n) is 11.3. The lowest BCUT2D eigenvalue weighted by molar-refractivity contribution is -0.123. The first-order valence-corrected chi connectivity index (χ1v) is 6.59. The highest BCUT2D eigenvalue weighted by molar-refractivity contribution is 7.99. The average Bonchev–Trinajstić information content (AvgIpc) is 2.59. The molecule has 1 heterocycles. The number of Topliss-reactive ketones (excluding diaryl/α,β-unsaturated/α-hetero) is 1. The molecule has 4 nitrogen and oxygen atoms in total. The Balaban J connectivity index is 2.60. The van der Waals surface area contributed by atoms with Crippen molar-refractivity contribution in [2.24, 2.45) is 5.41 Å². The van der Waals surface area contributed by atoms with Crippen molar-refractivity contribution < 1.29 is 9.21 Å². The van der Waals surface area contributed by atoms with E-state index in [0.29, 0.717) is 16.9 Å². The van der Waals surface area contributed by atoms with Crippen LogP contribution in [0.5, 0.6) is 0 Å². The third kappa shape index (κ3) is 4.15. The van der Waals surface area contributed by atoms with Crippen LogP contribution < -0.4 is 0 Å². The van der Waals surface area contributed by atoms with Gasteiger partial charge >= 0.3 is 0 Å². The van der Waals surface area contributed by atoms with Gasteiger partial charge in [-0.05, 0) is 0 Å². The fourth-order valence-corrected chi connectivity index (χ4v) is 1.84. The van der Waals surface area contributed by atoms with Crippen molar-refractivity contribution in [3.63, 3.8) is 0 Å². The Kier molecular flexibility index (Phi) is 4.02. The quantitative estimate of drug-likeness (QED) is 0.778. The highest BCUT2D eigenvalue weighted by Gasteiger charge is 2.24. The van der Waals surface area contributed by atoms with E-state index in [1.165, 1.54) is 11.8 Å². The van der Waals surface area contributed by atoms with E-state index in [0.717, 1.165) is 0 Å². The smallest absolute Gasteiger partial charge is 0.277 e. The Labute approximate surface area is 107 Å². The lowest BCUT2D eigenvalue weighted by Crippen LogP contribution is -2.21. The number of thioether (sulfide) groups is 1. The molecule has 0 aliphatic heterocycles. The second-order valence-corrected chi connectivity index (χ2v) is 7.01. The maximum Gasteiger partial charge on any atom is 0.277 e. The largest absolute Gasteiger partial charge is 0.415 e. The number of hydrogen-bond acceptors (Lipinski definition) is 5. The minimum absolute atomic E-state index is 0.153. The highest BCUT2D eigenvalue weighted by atomic mass is 32.2. The molecular weight excluding hydrogens is 236 g/mol. The lowest BCUT2D eigenvalue weighted by Gasteiger charge is -2.15. The van der Waals surface area contributed by atoms with Crippen LogP contribution >= 0.6 is 11.8 Å². The summed E-state index contributed by atoms with van der Waals surface area (Å²) in [4.78, 5) is 11.7. The van der Waals surface area contributed by atoms with Gasteiger partial charge in [0, 0.05) is 10.8 Å². The SMILES string of the molecule is CC(C)(C)C(=O)CSc1nnc(C(C)(C)C)o1. The van der Waals surface area contributed by atoms with Crippen LogP contribution in [0, 0.1) is 5.41 Å². The van der Waals surface area contributed by atoms with Gasteiger partial charge in [-0.3, -0.25) is 4.79 Å². The predicted octanol–water partition coefficient (Wildman–Crippen LogP) is 3.07. The molecule has 0 N–H and O–H groups in total. The van der Waals surface area contributed by atoms with Gasteiger partial charge in [0.25, 0.3) is 5.22 Å². The topological polar surface area (TPSA) is 56.0 Å². The van der Waals surface area contributed by atoms with Crippen molar-refractivity contribution in [1.29, 1.82) is 0 Å². The van der Waals surface area contributed by atoms with E-state index < -0.39 is 0 Å². The summed E-state index contributed by atoms with van der Waals surface area (Å²) in [6, 6.07) is 0. The molecule has 0 aromatic carbocycles. The van der Waals surface area contributed by atoms with Gasteiger partial charge in [0.05, 0.1) is 5.75 Å². The zero-order chi connectivity index (χ0) is 13.3. The Hall–Kier alpha value is -0.840. The fraction of sp³-hybridized carbons (Fsp3) is 0.750. The highest BCUT2D eigenvalue weighted by Crippen LogP contribution is 2.26. The summed E-state index contributed by atoms with van der Waals surface area (Å²) in [5.74, 6) is 1.15. The first-order valence-electron chi connectivity index (χ1n) is 5.61. The van der Waals surface area contributed by atoms with Crippen LogP contribution in [0.25, 0.3) is 0 Å². The van der Waals surface area contributed by atoms with Crippen molar-refractivity contribution in [3.8, 4) is 0 Å². The van der Waals surface area contributed by atoms with Gasteiger partial charge in [-0.15, -0.1) is 10.2 Å². The molecule has 0 aliphatic carbocycles. The third-order valence-electron chi connectivity index (χ3n) is 2.21. The van der Waals surface area contributed by atoms with Gasteiger partial charge in [-0.25, -0.2) is 0 Å². The summed E-state index contributed by atoms with van der Waals surface area (Å²) in [7, 11) is 0. The van der Waals surface area contributed by atoms with Crippen LogP contribution in [0.4, 0.5) is 0 Å². The number of ketones is 1. The molecule has 1 rings (SSSR count). The van der Waals surface area contributed by atoms with E-state index >= 15 is 0 Å². The van der Waals surface area contributed by atoms with Crippen molar-refractivity contribution in [2.45, 2.75) is 52.2 Å². The molecular formula is C12H20N2O2S. The van der Waals surface area contributed by atoms with Crippen LogP contribution in [0.2, 0.25) is 0 Å². The second kappa shape index (κ2) is 4.80. The Morgan fingerprint density at radius 1 is 1.18 bits per heavy atom. The Morgan fingerprint density at radius 2 is 1.76 bits per heavy atom. The molecule has 0 unspecified atom stereocenters. The summed E-state index contributed by atoms with van der Waals surface area (Å²) < 4.78 is 5.50. The maximum atomic E-state index is 11.7. The van der Waals surface area contributed by atoms with Crippen molar-refractivity contribution in [3.05, 3.63) is 5.89 Å². The Bertz CT molecular complexity index is 399. The molecule has 0 fully saturated rings. The molecule has 0 saturated carbocycles. The van der Waals surface area contributed by atoms with E-state index in [1.54, 1.807) is 0 Å². The summed E-state index contributed by atoms with van der Waals surface area (Å²) in [5, 5.41) is 8.37. The van der Waals surface area contributed by atoms with Gasteiger partial charge in [0.15, 0.2) is 0 Å². The average molecular weight is 256 g/mol. The van der Waals surface area contributed by atoms with E-state index in [4.69, 9.17) is 4.42 Å². The summed E-state index contributed by atoms with van der Waals surface area (Å²) >= 11 is 1.30. The molecule has 0 saturated heterocycles. The monoisotopic (exact) mass is 256 g/mol. The molecule has 1 aromatic rings. The third-order valence-corrected chi connectivity index (χ3v) is 3.03. The molecule has 5 heteroatoms. The van der Waals surface area contributed by atoms with E-state index in [-0.39, 0.29) is 16.6 Å². The van der Waals surface area contributed by atoms with E-state index in [1.807, 2.05) is 41.5 Å². The number of aromatic nitrogens is 2. The van der Waals surface area contributed by atoms with E-state index in [9.17, 15) is 4.79 Å². The maximum absolute atomic E-state index is 11.7. The van der Waals surface area contributed by atoms with Gasteiger partial charge in [-0.2, -0.15) is 0 Å². The normalized spacial score (nSPS) is 12.8. The zero-order valence-corrected chi connectivity index (χ0v) is 12.1. The minimum Gasteiger partial charge on any atom is -0.415 e. The molecule has 0 aliphatic rings. The van der Waals surface area contributed by atoms with Crippen LogP contribution in [-0.4, -0.2) is 21.7 Å². The van der Waals surface area contributed by atoms with Gasteiger partial charge in [-0.1, -0.05) is 53.3 Å². The molecule has 0 atom stereocenters. The van der Waals surface area contributed by atoms with Gasteiger partial charge in [0.2, 0.25) is 5.89 Å². The molecule has 0 bridgehead atoms. The number of carbonyl (C=O) groups excluding carboxylic acids is 1. The van der Waals surface area contributed by atoms with Crippen LogP contribution in [0.15, 0.2) is 9.64 Å². The summed E-state index contributed by atoms with van der Waals surface area (Å²) in [6.07, 6.45) is 0. The summed E-state index contributed by atoms with van der Waals surface area (Å²) in [5.41, 5.74) is -0.472. The molecule has 17 heavy (non-hydrogen) atoms. The Morgan fingerprint density at radius 3 is 2.18 bits per heavy atom. The van der Waals surface area contributed by atoms with Crippen LogP contribution in [0.1, 0.15) is 47.4 Å². The van der Waals surface area contributed by atoms with E-state index in [2.05, 4.69) is 10.2 Å². The summed E-state index contributed by atoms with van der Waals surface area (Å²) in [6.45, 7) is 11.7. The number of nitrogens with zero attached hydrogens (tertiary/aromatic N) is 2. The minimum atomic E-state index is -0.320. The van der Waals surface area contributed by atoms with Crippen molar-refractivity contribution >= 4 is 17.5 Å². The van der Waals surface area contributed by atoms with Gasteiger partial charge < -0.3 is 4.42 Å². The van der Waals surface area contributed by atoms with Crippen LogP contribution in [-0.2, 0) is 10.2 Å². The van der Waals surface area contributed by atoms with Gasteiger partial charge in [0.1, 0.15) is 5.78 Å². The molecule has 0 amide bonds. The fourth-order valence-electron chi connectivity index (χ4n) is 0.915. The predicted molar refractivity (Wildman–Crippen MR) is 68.2 cm³/mol. The first kappa shape index (κ1) is 14.2. The molecule has 0 radical (unpaired) electrons. The first-order chi connectivity index (χ1) is 7.60. The van der Waals surface area contributed by atoms with Crippen molar-refractivity contribution in [2.75, 3.05) is 5.75 Å². The molecule has 0 spiro atoms. The second-order valence-electron chi connectivity index (χ2n) is 6.08. The number of hydrogen-bond donors (Lipinski definition) is 0. The number of rotatable bonds is 3. The molecule has 96 valence electrons.